The Morgan fingerprint density at radius 1 is 1.45 bits per heavy atom. The molecule has 0 unspecified atom stereocenters. The lowest BCUT2D eigenvalue weighted by Crippen LogP contribution is -2.38. The van der Waals surface area contributed by atoms with E-state index in [1.165, 1.54) is 7.11 Å². The molecule has 1 saturated heterocycles. The van der Waals surface area contributed by atoms with Crippen molar-refractivity contribution in [2.24, 2.45) is 0 Å². The van der Waals surface area contributed by atoms with Crippen molar-refractivity contribution in [1.29, 1.82) is 0 Å². The van der Waals surface area contributed by atoms with E-state index in [-0.39, 0.29) is 5.97 Å². The number of esters is 1. The van der Waals surface area contributed by atoms with Gasteiger partial charge in [0.1, 0.15) is 11.4 Å². The fraction of sp³-hybridized carbons (Fsp3) is 0.571. The van der Waals surface area contributed by atoms with E-state index >= 15 is 0 Å². The van der Waals surface area contributed by atoms with Crippen LogP contribution >= 0.6 is 0 Å². The van der Waals surface area contributed by atoms with Crippen LogP contribution in [0.4, 0.5) is 5.82 Å². The highest BCUT2D eigenvalue weighted by atomic mass is 16.5. The normalized spacial score (nSPS) is 18.6. The lowest BCUT2D eigenvalue weighted by molar-refractivity contribution is 0.0598. The van der Waals surface area contributed by atoms with Gasteiger partial charge in [0.2, 0.25) is 0 Å². The molecular formula is C14H19N3O3. The molecule has 0 aliphatic carbocycles. The summed E-state index contributed by atoms with van der Waals surface area (Å²) < 4.78 is 10.3. The molecular weight excluding hydrogens is 258 g/mol. The van der Waals surface area contributed by atoms with Crippen LogP contribution in [0.5, 0.6) is 0 Å². The van der Waals surface area contributed by atoms with E-state index in [0.717, 1.165) is 49.5 Å². The Kier molecular flexibility index (Phi) is 3.84. The van der Waals surface area contributed by atoms with Gasteiger partial charge in [0, 0.05) is 25.8 Å². The molecule has 0 aromatic carbocycles. The number of pyridine rings is 1. The molecule has 3 rings (SSSR count). The molecule has 6 heteroatoms. The van der Waals surface area contributed by atoms with Crippen molar-refractivity contribution in [2.75, 3.05) is 44.9 Å². The average molecular weight is 277 g/mol. The molecule has 0 bridgehead atoms. The predicted molar refractivity (Wildman–Crippen MR) is 74.0 cm³/mol. The van der Waals surface area contributed by atoms with E-state index in [1.54, 1.807) is 0 Å². The van der Waals surface area contributed by atoms with Gasteiger partial charge >= 0.3 is 5.97 Å². The first-order valence-corrected chi connectivity index (χ1v) is 6.93. The lowest BCUT2D eigenvalue weighted by Gasteiger charge is -2.31. The molecule has 0 spiro atoms. The average Bonchev–Trinajstić information content (AvgIpc) is 2.54. The minimum atomic E-state index is -0.294. The third-order valence-corrected chi connectivity index (χ3v) is 3.82. The van der Waals surface area contributed by atoms with Gasteiger partial charge in [-0.15, -0.1) is 0 Å². The number of carbonyl (C=O) groups excluding carboxylic acids is 1. The fourth-order valence-corrected chi connectivity index (χ4v) is 2.78. The molecule has 0 atom stereocenters. The second kappa shape index (κ2) is 5.76. The van der Waals surface area contributed by atoms with Crippen molar-refractivity contribution >= 4 is 11.8 Å². The van der Waals surface area contributed by atoms with Crippen LogP contribution in [0, 0.1) is 0 Å². The quantitative estimate of drug-likeness (QED) is 0.787. The van der Waals surface area contributed by atoms with Crippen LogP contribution in [0.1, 0.15) is 21.5 Å². The summed E-state index contributed by atoms with van der Waals surface area (Å²) in [5, 5.41) is 3.30. The minimum Gasteiger partial charge on any atom is -0.465 e. The zero-order valence-electron chi connectivity index (χ0n) is 11.6. The van der Waals surface area contributed by atoms with Crippen molar-refractivity contribution < 1.29 is 14.3 Å². The van der Waals surface area contributed by atoms with Crippen LogP contribution in [-0.2, 0) is 22.4 Å². The van der Waals surface area contributed by atoms with Crippen LogP contribution in [-0.4, -0.2) is 50.9 Å². The number of anilines is 1. The monoisotopic (exact) mass is 277 g/mol. The number of nitrogens with zero attached hydrogens (tertiary/aromatic N) is 2. The van der Waals surface area contributed by atoms with Crippen molar-refractivity contribution in [1.82, 2.24) is 10.3 Å². The Morgan fingerprint density at radius 3 is 3.00 bits per heavy atom. The Labute approximate surface area is 118 Å². The highest BCUT2D eigenvalue weighted by Crippen LogP contribution is 2.27. The minimum absolute atomic E-state index is 0.294. The Bertz CT molecular complexity index is 513. The van der Waals surface area contributed by atoms with Crippen LogP contribution < -0.4 is 10.2 Å². The smallest absolute Gasteiger partial charge is 0.341 e. The number of rotatable bonds is 2. The maximum absolute atomic E-state index is 12.2. The summed E-state index contributed by atoms with van der Waals surface area (Å²) in [6.07, 6.45) is 2.71. The molecule has 1 fully saturated rings. The van der Waals surface area contributed by atoms with Gasteiger partial charge in [-0.1, -0.05) is 0 Å². The van der Waals surface area contributed by atoms with E-state index in [1.807, 2.05) is 6.20 Å². The molecule has 1 N–H and O–H groups in total. The standard InChI is InChI=1S/C14H19N3O3/c1-19-14(18)12-11-2-3-15-8-10(11)9-16-13(12)17-4-6-20-7-5-17/h9,15H,2-8H2,1H3. The van der Waals surface area contributed by atoms with E-state index in [9.17, 15) is 4.79 Å². The van der Waals surface area contributed by atoms with Crippen LogP contribution in [0.3, 0.4) is 0 Å². The van der Waals surface area contributed by atoms with Crippen LogP contribution in [0.25, 0.3) is 0 Å². The van der Waals surface area contributed by atoms with Gasteiger partial charge in [0.15, 0.2) is 0 Å². The number of nitrogens with one attached hydrogen (secondary N) is 1. The zero-order valence-corrected chi connectivity index (χ0v) is 11.6. The lowest BCUT2D eigenvalue weighted by atomic mass is 9.97. The van der Waals surface area contributed by atoms with Gasteiger partial charge in [-0.25, -0.2) is 9.78 Å². The summed E-state index contributed by atoms with van der Waals surface area (Å²) >= 11 is 0. The molecule has 2 aliphatic heterocycles. The molecule has 1 aromatic heterocycles. The van der Waals surface area contributed by atoms with Gasteiger partial charge in [-0.05, 0) is 24.1 Å². The molecule has 0 radical (unpaired) electrons. The molecule has 1 aromatic rings. The third kappa shape index (κ3) is 2.36. The van der Waals surface area contributed by atoms with Gasteiger partial charge < -0.3 is 19.7 Å². The first-order valence-electron chi connectivity index (χ1n) is 6.93. The molecule has 0 saturated carbocycles. The number of morpholine rings is 1. The molecule has 20 heavy (non-hydrogen) atoms. The predicted octanol–water partition coefficient (Wildman–Crippen LogP) is 0.350. The Morgan fingerprint density at radius 2 is 2.25 bits per heavy atom. The van der Waals surface area contributed by atoms with Gasteiger partial charge in [0.05, 0.1) is 20.3 Å². The fourth-order valence-electron chi connectivity index (χ4n) is 2.78. The number of hydrogen-bond donors (Lipinski definition) is 1. The van der Waals surface area contributed by atoms with Gasteiger partial charge in [-0.2, -0.15) is 0 Å². The largest absolute Gasteiger partial charge is 0.465 e. The number of aromatic nitrogens is 1. The third-order valence-electron chi connectivity index (χ3n) is 3.82. The van der Waals surface area contributed by atoms with Crippen molar-refractivity contribution in [3.63, 3.8) is 0 Å². The van der Waals surface area contributed by atoms with E-state index in [0.29, 0.717) is 18.8 Å². The SMILES string of the molecule is COC(=O)c1c(N2CCOCC2)ncc2c1CCNC2. The first-order chi connectivity index (χ1) is 9.81. The number of fused-ring (bicyclic) bond motifs is 1. The second-order valence-corrected chi connectivity index (χ2v) is 4.98. The van der Waals surface area contributed by atoms with Gasteiger partial charge in [-0.3, -0.25) is 0 Å². The molecule has 108 valence electrons. The van der Waals surface area contributed by atoms with Crippen molar-refractivity contribution in [2.45, 2.75) is 13.0 Å². The summed E-state index contributed by atoms with van der Waals surface area (Å²) in [7, 11) is 1.42. The summed E-state index contributed by atoms with van der Waals surface area (Å²) in [6.45, 7) is 4.49. The molecule has 6 nitrogen and oxygen atoms in total. The second-order valence-electron chi connectivity index (χ2n) is 4.98. The summed E-state index contributed by atoms with van der Waals surface area (Å²) in [6, 6.07) is 0. The van der Waals surface area contributed by atoms with Crippen molar-refractivity contribution in [3.8, 4) is 0 Å². The number of ether oxygens (including phenoxy) is 2. The first kappa shape index (κ1) is 13.3. The maximum Gasteiger partial charge on any atom is 0.341 e. The van der Waals surface area contributed by atoms with E-state index in [2.05, 4.69) is 15.2 Å². The summed E-state index contributed by atoms with van der Waals surface area (Å²) in [5.41, 5.74) is 2.80. The number of carbonyl (C=O) groups is 1. The van der Waals surface area contributed by atoms with Crippen LogP contribution in [0.15, 0.2) is 6.20 Å². The van der Waals surface area contributed by atoms with Crippen molar-refractivity contribution in [3.05, 3.63) is 22.9 Å². The number of hydrogen-bond acceptors (Lipinski definition) is 6. The molecule has 2 aliphatic rings. The Hall–Kier alpha value is -1.66. The van der Waals surface area contributed by atoms with Crippen LogP contribution in [0.2, 0.25) is 0 Å². The highest BCUT2D eigenvalue weighted by molar-refractivity contribution is 5.97. The summed E-state index contributed by atoms with van der Waals surface area (Å²) in [5.74, 6) is 0.443. The highest BCUT2D eigenvalue weighted by Gasteiger charge is 2.27. The molecule has 0 amide bonds. The molecule has 3 heterocycles. The zero-order chi connectivity index (χ0) is 13.9. The van der Waals surface area contributed by atoms with E-state index in [4.69, 9.17) is 9.47 Å². The Balaban J connectivity index is 2.06. The maximum atomic E-state index is 12.2. The topological polar surface area (TPSA) is 63.7 Å². The number of methoxy groups -OCH3 is 1. The summed E-state index contributed by atoms with van der Waals surface area (Å²) in [4.78, 5) is 18.8. The van der Waals surface area contributed by atoms with E-state index < -0.39 is 0 Å². The van der Waals surface area contributed by atoms with Gasteiger partial charge in [0.25, 0.3) is 0 Å².